The molecule has 0 aromatic carbocycles. The number of likely N-dealkylation sites (tertiary alicyclic amines) is 1. The molecular formula is C10H20N2O2. The third-order valence-electron chi connectivity index (χ3n) is 2.99. The second-order valence-corrected chi connectivity index (χ2v) is 4.52. The topological polar surface area (TPSA) is 66.6 Å². The fourth-order valence-electron chi connectivity index (χ4n) is 1.92. The van der Waals surface area contributed by atoms with Crippen LogP contribution in [0.15, 0.2) is 0 Å². The highest BCUT2D eigenvalue weighted by molar-refractivity contribution is 5.78. The molecule has 2 atom stereocenters. The molecule has 1 heterocycles. The van der Waals surface area contributed by atoms with E-state index in [1.54, 1.807) is 6.92 Å². The lowest BCUT2D eigenvalue weighted by Crippen LogP contribution is -2.53. The van der Waals surface area contributed by atoms with Gasteiger partial charge in [-0.1, -0.05) is 13.3 Å². The van der Waals surface area contributed by atoms with Crippen LogP contribution in [0.2, 0.25) is 0 Å². The molecule has 4 heteroatoms. The first-order chi connectivity index (χ1) is 6.45. The number of nitrogens with two attached hydrogens (primary N) is 1. The highest BCUT2D eigenvalue weighted by atomic mass is 16.4. The van der Waals surface area contributed by atoms with Gasteiger partial charge in [0.1, 0.15) is 5.54 Å². The van der Waals surface area contributed by atoms with Crippen molar-refractivity contribution in [3.05, 3.63) is 0 Å². The fourth-order valence-corrected chi connectivity index (χ4v) is 1.92. The SMILES string of the molecule is CCC1CCN(CC(C)(N)C(=O)O)C1. The summed E-state index contributed by atoms with van der Waals surface area (Å²) in [5, 5.41) is 8.87. The Kier molecular flexibility index (Phi) is 3.50. The molecule has 1 aliphatic heterocycles. The van der Waals surface area contributed by atoms with Gasteiger partial charge in [0, 0.05) is 13.1 Å². The molecule has 4 nitrogen and oxygen atoms in total. The van der Waals surface area contributed by atoms with Crippen molar-refractivity contribution in [1.82, 2.24) is 4.90 Å². The third-order valence-corrected chi connectivity index (χ3v) is 2.99. The van der Waals surface area contributed by atoms with Crippen LogP contribution in [0.25, 0.3) is 0 Å². The third kappa shape index (κ3) is 2.69. The molecule has 3 N–H and O–H groups in total. The number of carboxylic acids is 1. The lowest BCUT2D eigenvalue weighted by molar-refractivity contribution is -0.143. The van der Waals surface area contributed by atoms with E-state index in [1.165, 1.54) is 12.8 Å². The molecule has 0 radical (unpaired) electrons. The number of aliphatic carboxylic acids is 1. The Morgan fingerprint density at radius 2 is 2.36 bits per heavy atom. The van der Waals surface area contributed by atoms with E-state index in [-0.39, 0.29) is 0 Å². The first-order valence-electron chi connectivity index (χ1n) is 5.20. The van der Waals surface area contributed by atoms with Crippen molar-refractivity contribution in [2.24, 2.45) is 11.7 Å². The first kappa shape index (κ1) is 11.5. The van der Waals surface area contributed by atoms with Crippen molar-refractivity contribution in [1.29, 1.82) is 0 Å². The molecule has 0 aliphatic carbocycles. The number of hydrogen-bond acceptors (Lipinski definition) is 3. The minimum absolute atomic E-state index is 0.457. The zero-order valence-electron chi connectivity index (χ0n) is 8.99. The van der Waals surface area contributed by atoms with Crippen molar-refractivity contribution < 1.29 is 9.90 Å². The summed E-state index contributed by atoms with van der Waals surface area (Å²) >= 11 is 0. The van der Waals surface area contributed by atoms with Crippen LogP contribution < -0.4 is 5.73 Å². The van der Waals surface area contributed by atoms with E-state index < -0.39 is 11.5 Å². The Bertz CT molecular complexity index is 216. The van der Waals surface area contributed by atoms with Gasteiger partial charge in [-0.3, -0.25) is 4.79 Å². The second kappa shape index (κ2) is 4.28. The average Bonchev–Trinajstić information content (AvgIpc) is 2.51. The quantitative estimate of drug-likeness (QED) is 0.694. The van der Waals surface area contributed by atoms with Crippen molar-refractivity contribution in [3.63, 3.8) is 0 Å². The summed E-state index contributed by atoms with van der Waals surface area (Å²) in [4.78, 5) is 13.0. The van der Waals surface area contributed by atoms with Crippen molar-refractivity contribution in [2.45, 2.75) is 32.2 Å². The molecule has 14 heavy (non-hydrogen) atoms. The highest BCUT2D eigenvalue weighted by Gasteiger charge is 2.33. The maximum Gasteiger partial charge on any atom is 0.324 e. The van der Waals surface area contributed by atoms with E-state index in [2.05, 4.69) is 11.8 Å². The molecule has 1 aliphatic rings. The van der Waals surface area contributed by atoms with E-state index >= 15 is 0 Å². The summed E-state index contributed by atoms with van der Waals surface area (Å²) in [5.41, 5.74) is 4.58. The normalized spacial score (nSPS) is 27.5. The standard InChI is InChI=1S/C10H20N2O2/c1-3-8-4-5-12(6-8)7-10(2,11)9(13)14/h8H,3-7,11H2,1-2H3,(H,13,14). The van der Waals surface area contributed by atoms with Gasteiger partial charge < -0.3 is 15.7 Å². The number of hydrogen-bond donors (Lipinski definition) is 2. The Hall–Kier alpha value is -0.610. The molecule has 1 fully saturated rings. The summed E-state index contributed by atoms with van der Waals surface area (Å²) in [6.07, 6.45) is 2.34. The molecule has 2 unspecified atom stereocenters. The van der Waals surface area contributed by atoms with Crippen molar-refractivity contribution in [3.8, 4) is 0 Å². The van der Waals surface area contributed by atoms with Gasteiger partial charge in [0.15, 0.2) is 0 Å². The molecule has 0 aromatic heterocycles. The molecule has 0 bridgehead atoms. The minimum Gasteiger partial charge on any atom is -0.480 e. The molecule has 0 spiro atoms. The Morgan fingerprint density at radius 1 is 1.71 bits per heavy atom. The van der Waals surface area contributed by atoms with Gasteiger partial charge in [-0.15, -0.1) is 0 Å². The van der Waals surface area contributed by atoms with Gasteiger partial charge in [0.2, 0.25) is 0 Å². The van der Waals surface area contributed by atoms with Crippen LogP contribution in [0.5, 0.6) is 0 Å². The number of carbonyl (C=O) groups is 1. The predicted octanol–water partition coefficient (Wildman–Crippen LogP) is 0.520. The summed E-state index contributed by atoms with van der Waals surface area (Å²) in [7, 11) is 0. The highest BCUT2D eigenvalue weighted by Crippen LogP contribution is 2.20. The molecule has 0 aromatic rings. The number of carboxylic acid groups (broad SMARTS) is 1. The van der Waals surface area contributed by atoms with E-state index in [0.29, 0.717) is 6.54 Å². The molecule has 1 rings (SSSR count). The van der Waals surface area contributed by atoms with Gasteiger partial charge >= 0.3 is 5.97 Å². The Morgan fingerprint density at radius 3 is 2.79 bits per heavy atom. The van der Waals surface area contributed by atoms with Gasteiger partial charge in [0.05, 0.1) is 0 Å². The number of rotatable bonds is 4. The van der Waals surface area contributed by atoms with Crippen molar-refractivity contribution in [2.75, 3.05) is 19.6 Å². The molecular weight excluding hydrogens is 180 g/mol. The maximum absolute atomic E-state index is 10.8. The van der Waals surface area contributed by atoms with Crippen LogP contribution in [-0.2, 0) is 4.79 Å². The van der Waals surface area contributed by atoms with Crippen LogP contribution in [-0.4, -0.2) is 41.1 Å². The average molecular weight is 200 g/mol. The number of nitrogens with zero attached hydrogens (tertiary/aromatic N) is 1. The van der Waals surface area contributed by atoms with E-state index in [1.807, 2.05) is 0 Å². The fraction of sp³-hybridized carbons (Fsp3) is 0.900. The van der Waals surface area contributed by atoms with Crippen molar-refractivity contribution >= 4 is 5.97 Å². The maximum atomic E-state index is 10.8. The first-order valence-corrected chi connectivity index (χ1v) is 5.20. The van der Waals surface area contributed by atoms with Gasteiger partial charge in [0.25, 0.3) is 0 Å². The summed E-state index contributed by atoms with van der Waals surface area (Å²) < 4.78 is 0. The van der Waals surface area contributed by atoms with Crippen LogP contribution in [0.3, 0.4) is 0 Å². The largest absolute Gasteiger partial charge is 0.480 e. The Labute approximate surface area is 85.1 Å². The van der Waals surface area contributed by atoms with Crippen LogP contribution in [0, 0.1) is 5.92 Å². The molecule has 0 amide bonds. The molecule has 0 saturated carbocycles. The summed E-state index contributed by atoms with van der Waals surface area (Å²) in [6, 6.07) is 0. The van der Waals surface area contributed by atoms with Gasteiger partial charge in [-0.2, -0.15) is 0 Å². The zero-order valence-corrected chi connectivity index (χ0v) is 8.99. The van der Waals surface area contributed by atoms with Crippen LogP contribution in [0.1, 0.15) is 26.7 Å². The second-order valence-electron chi connectivity index (χ2n) is 4.52. The van der Waals surface area contributed by atoms with E-state index in [4.69, 9.17) is 10.8 Å². The van der Waals surface area contributed by atoms with Crippen LogP contribution >= 0.6 is 0 Å². The van der Waals surface area contributed by atoms with E-state index in [9.17, 15) is 4.79 Å². The van der Waals surface area contributed by atoms with Gasteiger partial charge in [-0.05, 0) is 25.8 Å². The van der Waals surface area contributed by atoms with Crippen LogP contribution in [0.4, 0.5) is 0 Å². The lowest BCUT2D eigenvalue weighted by Gasteiger charge is -2.26. The van der Waals surface area contributed by atoms with Gasteiger partial charge in [-0.25, -0.2) is 0 Å². The molecule has 1 saturated heterocycles. The smallest absolute Gasteiger partial charge is 0.324 e. The predicted molar refractivity (Wildman–Crippen MR) is 55.1 cm³/mol. The minimum atomic E-state index is -1.11. The van der Waals surface area contributed by atoms with E-state index in [0.717, 1.165) is 19.0 Å². The Balaban J connectivity index is 2.42. The lowest BCUT2D eigenvalue weighted by atomic mass is 10.0. The zero-order chi connectivity index (χ0) is 10.8. The summed E-state index contributed by atoms with van der Waals surface area (Å²) in [5.74, 6) is -0.197. The monoisotopic (exact) mass is 200 g/mol. The molecule has 82 valence electrons. The summed E-state index contributed by atoms with van der Waals surface area (Å²) in [6.45, 7) is 6.19.